The van der Waals surface area contributed by atoms with E-state index >= 15 is 0 Å². The summed E-state index contributed by atoms with van der Waals surface area (Å²) in [7, 11) is 0. The van der Waals surface area contributed by atoms with Crippen molar-refractivity contribution in [1.82, 2.24) is 0 Å². The topological polar surface area (TPSA) is 33.0 Å². The molecule has 0 saturated heterocycles. The number of ether oxygens (including phenoxy) is 1. The minimum absolute atomic E-state index is 0.0285. The highest BCUT2D eigenvalue weighted by Crippen LogP contribution is 2.32. The van der Waals surface area contributed by atoms with Crippen LogP contribution in [0.3, 0.4) is 0 Å². The van der Waals surface area contributed by atoms with E-state index in [4.69, 9.17) is 33.2 Å². The van der Waals surface area contributed by atoms with Gasteiger partial charge in [0.15, 0.2) is 0 Å². The SMILES string of the molecule is CCOC(CF)=C(C#N)c1cccc(Cl)c1Cl. The fourth-order valence-corrected chi connectivity index (χ4v) is 1.72. The van der Waals surface area contributed by atoms with E-state index in [-0.39, 0.29) is 23.0 Å². The molecule has 0 unspecified atom stereocenters. The summed E-state index contributed by atoms with van der Waals surface area (Å²) in [5, 5.41) is 9.60. The van der Waals surface area contributed by atoms with E-state index in [1.54, 1.807) is 25.1 Å². The molecule has 2 nitrogen and oxygen atoms in total. The second-order valence-electron chi connectivity index (χ2n) is 3.08. The zero-order chi connectivity index (χ0) is 12.8. The Balaban J connectivity index is 3.36. The van der Waals surface area contributed by atoms with Gasteiger partial charge in [0.1, 0.15) is 24.1 Å². The monoisotopic (exact) mass is 273 g/mol. The van der Waals surface area contributed by atoms with E-state index in [0.29, 0.717) is 10.6 Å². The van der Waals surface area contributed by atoms with Crippen molar-refractivity contribution in [2.75, 3.05) is 13.3 Å². The van der Waals surface area contributed by atoms with Gasteiger partial charge >= 0.3 is 0 Å². The van der Waals surface area contributed by atoms with Crippen LogP contribution in [0.2, 0.25) is 10.0 Å². The maximum absolute atomic E-state index is 12.8. The summed E-state index contributed by atoms with van der Waals surface area (Å²) in [6.45, 7) is 1.13. The summed E-state index contributed by atoms with van der Waals surface area (Å²) < 4.78 is 17.9. The average Bonchev–Trinajstić information content (AvgIpc) is 2.34. The van der Waals surface area contributed by atoms with Crippen LogP contribution >= 0.6 is 23.2 Å². The lowest BCUT2D eigenvalue weighted by Gasteiger charge is -2.10. The van der Waals surface area contributed by atoms with E-state index in [1.165, 1.54) is 0 Å². The molecule has 0 atom stereocenters. The van der Waals surface area contributed by atoms with Crippen molar-refractivity contribution in [3.05, 3.63) is 39.6 Å². The summed E-state index contributed by atoms with van der Waals surface area (Å²) in [5.74, 6) is -0.0285. The molecule has 0 amide bonds. The van der Waals surface area contributed by atoms with Gasteiger partial charge in [-0.1, -0.05) is 35.3 Å². The van der Waals surface area contributed by atoms with Crippen molar-refractivity contribution >= 4 is 28.8 Å². The summed E-state index contributed by atoms with van der Waals surface area (Å²) in [4.78, 5) is 0. The molecule has 0 N–H and O–H groups in total. The van der Waals surface area contributed by atoms with E-state index in [1.807, 2.05) is 6.07 Å². The minimum atomic E-state index is -0.862. The van der Waals surface area contributed by atoms with Gasteiger partial charge in [0, 0.05) is 5.56 Å². The van der Waals surface area contributed by atoms with Crippen LogP contribution in [0.1, 0.15) is 12.5 Å². The van der Waals surface area contributed by atoms with Crippen molar-refractivity contribution in [3.63, 3.8) is 0 Å². The van der Waals surface area contributed by atoms with Crippen LogP contribution in [-0.2, 0) is 4.74 Å². The van der Waals surface area contributed by atoms with Gasteiger partial charge in [0.2, 0.25) is 0 Å². The Morgan fingerprint density at radius 2 is 2.18 bits per heavy atom. The Bertz CT molecular complexity index is 480. The summed E-state index contributed by atoms with van der Waals surface area (Å²) >= 11 is 11.8. The van der Waals surface area contributed by atoms with Gasteiger partial charge in [-0.05, 0) is 13.0 Å². The smallest absolute Gasteiger partial charge is 0.148 e. The van der Waals surface area contributed by atoms with Crippen LogP contribution in [0, 0.1) is 11.3 Å². The molecule has 0 aromatic heterocycles. The first kappa shape index (κ1) is 13.8. The van der Waals surface area contributed by atoms with Gasteiger partial charge < -0.3 is 4.74 Å². The second-order valence-corrected chi connectivity index (χ2v) is 3.86. The van der Waals surface area contributed by atoms with Crippen LogP contribution in [0.25, 0.3) is 5.57 Å². The van der Waals surface area contributed by atoms with Crippen LogP contribution in [-0.4, -0.2) is 13.3 Å². The van der Waals surface area contributed by atoms with Crippen LogP contribution < -0.4 is 0 Å². The Labute approximate surface area is 109 Å². The standard InChI is InChI=1S/C12H10Cl2FNO/c1-2-17-11(6-15)9(7-16)8-4-3-5-10(13)12(8)14/h3-5H,2,6H2,1H3. The molecule has 0 bridgehead atoms. The average molecular weight is 274 g/mol. The maximum atomic E-state index is 12.8. The van der Waals surface area contributed by atoms with E-state index in [9.17, 15) is 4.39 Å². The molecular weight excluding hydrogens is 264 g/mol. The molecule has 1 aromatic rings. The Hall–Kier alpha value is -1.24. The molecule has 5 heteroatoms. The highest BCUT2D eigenvalue weighted by atomic mass is 35.5. The fourth-order valence-electron chi connectivity index (χ4n) is 1.32. The molecule has 1 rings (SSSR count). The molecule has 0 fully saturated rings. The van der Waals surface area contributed by atoms with Gasteiger partial charge in [-0.2, -0.15) is 5.26 Å². The Morgan fingerprint density at radius 1 is 1.47 bits per heavy atom. The van der Waals surface area contributed by atoms with Crippen molar-refractivity contribution < 1.29 is 9.13 Å². The lowest BCUT2D eigenvalue weighted by molar-refractivity contribution is 0.207. The summed E-state index contributed by atoms with van der Waals surface area (Å²) in [6, 6.07) is 6.73. The number of allylic oxidation sites excluding steroid dienone is 2. The number of rotatable bonds is 4. The van der Waals surface area contributed by atoms with Gasteiger partial charge in [0.25, 0.3) is 0 Å². The molecular formula is C12H10Cl2FNO. The number of hydrogen-bond acceptors (Lipinski definition) is 2. The first-order valence-electron chi connectivity index (χ1n) is 4.92. The third-order valence-corrected chi connectivity index (χ3v) is 2.87. The highest BCUT2D eigenvalue weighted by Gasteiger charge is 2.15. The minimum Gasteiger partial charge on any atom is -0.494 e. The molecule has 0 aliphatic carbocycles. The van der Waals surface area contributed by atoms with Crippen LogP contribution in [0.4, 0.5) is 4.39 Å². The second kappa shape index (κ2) is 6.48. The third-order valence-electron chi connectivity index (χ3n) is 2.05. The summed E-state index contributed by atoms with van der Waals surface area (Å²) in [6.07, 6.45) is 0. The van der Waals surface area contributed by atoms with Gasteiger partial charge in [0.05, 0.1) is 16.7 Å². The van der Waals surface area contributed by atoms with E-state index in [2.05, 4.69) is 0 Å². The van der Waals surface area contributed by atoms with Crippen molar-refractivity contribution in [2.24, 2.45) is 0 Å². The quantitative estimate of drug-likeness (QED) is 0.608. The third kappa shape index (κ3) is 3.12. The number of nitrogens with zero attached hydrogens (tertiary/aromatic N) is 1. The van der Waals surface area contributed by atoms with Crippen LogP contribution in [0.5, 0.6) is 0 Å². The lowest BCUT2D eigenvalue weighted by atomic mass is 10.1. The van der Waals surface area contributed by atoms with Crippen molar-refractivity contribution in [2.45, 2.75) is 6.92 Å². The molecule has 17 heavy (non-hydrogen) atoms. The molecule has 0 aliphatic heterocycles. The zero-order valence-electron chi connectivity index (χ0n) is 9.14. The molecule has 0 aliphatic rings. The summed E-state index contributed by atoms with van der Waals surface area (Å²) in [5.41, 5.74) is 0.449. The number of nitriles is 1. The largest absolute Gasteiger partial charge is 0.494 e. The molecule has 90 valence electrons. The number of benzene rings is 1. The highest BCUT2D eigenvalue weighted by molar-refractivity contribution is 6.43. The first-order valence-corrected chi connectivity index (χ1v) is 5.67. The fraction of sp³-hybridized carbons (Fsp3) is 0.250. The van der Waals surface area contributed by atoms with E-state index in [0.717, 1.165) is 0 Å². The zero-order valence-corrected chi connectivity index (χ0v) is 10.6. The van der Waals surface area contributed by atoms with E-state index < -0.39 is 6.67 Å². The molecule has 0 saturated carbocycles. The lowest BCUT2D eigenvalue weighted by Crippen LogP contribution is -1.99. The molecule has 1 aromatic carbocycles. The van der Waals surface area contributed by atoms with Crippen LogP contribution in [0.15, 0.2) is 24.0 Å². The Kier molecular flexibility index (Phi) is 5.27. The first-order chi connectivity index (χ1) is 8.15. The number of alkyl halides is 1. The number of hydrogen-bond donors (Lipinski definition) is 0. The van der Waals surface area contributed by atoms with Gasteiger partial charge in [-0.3, -0.25) is 0 Å². The molecule has 0 heterocycles. The Morgan fingerprint density at radius 3 is 2.71 bits per heavy atom. The maximum Gasteiger partial charge on any atom is 0.148 e. The molecule has 0 spiro atoms. The molecule has 0 radical (unpaired) electrons. The van der Waals surface area contributed by atoms with Crippen molar-refractivity contribution in [1.29, 1.82) is 5.26 Å². The predicted octanol–water partition coefficient (Wildman–Crippen LogP) is 4.23. The normalized spacial score (nSPS) is 11.7. The predicted molar refractivity (Wildman–Crippen MR) is 66.6 cm³/mol. The van der Waals surface area contributed by atoms with Crippen molar-refractivity contribution in [3.8, 4) is 6.07 Å². The number of halogens is 3. The van der Waals surface area contributed by atoms with Gasteiger partial charge in [-0.25, -0.2) is 4.39 Å². The van der Waals surface area contributed by atoms with Gasteiger partial charge in [-0.15, -0.1) is 0 Å².